The molecule has 2 heteroatoms. The maximum absolute atomic E-state index is 4.03. The first-order valence-electron chi connectivity index (χ1n) is 5.20. The van der Waals surface area contributed by atoms with E-state index in [4.69, 9.17) is 0 Å². The van der Waals surface area contributed by atoms with Crippen LogP contribution in [0.5, 0.6) is 0 Å². The van der Waals surface area contributed by atoms with Gasteiger partial charge in [0.25, 0.3) is 0 Å². The zero-order valence-electron chi connectivity index (χ0n) is 9.76. The molecule has 0 aromatic carbocycles. The lowest BCUT2D eigenvalue weighted by Gasteiger charge is -2.22. The van der Waals surface area contributed by atoms with Crippen LogP contribution in [0.15, 0.2) is 17.1 Å². The van der Waals surface area contributed by atoms with Crippen LogP contribution in [0.1, 0.15) is 40.5 Å². The van der Waals surface area contributed by atoms with E-state index in [-0.39, 0.29) is 5.41 Å². The third kappa shape index (κ3) is 6.36. The van der Waals surface area contributed by atoms with Gasteiger partial charge < -0.3 is 0 Å². The maximum Gasteiger partial charge on any atom is 0.0472 e. The Morgan fingerprint density at radius 1 is 1.50 bits per heavy atom. The Balaban J connectivity index is 4.18. The number of hydrogen-bond donors (Lipinski definition) is 0. The summed E-state index contributed by atoms with van der Waals surface area (Å²) in [5, 5.41) is 0. The van der Waals surface area contributed by atoms with Crippen LogP contribution in [-0.4, -0.2) is 17.6 Å². The molecule has 0 aromatic heterocycles. The van der Waals surface area contributed by atoms with Crippen LogP contribution in [-0.2, 0) is 0 Å². The average Bonchev–Trinajstić information content (AvgIpc) is 2.13. The van der Waals surface area contributed by atoms with E-state index in [9.17, 15) is 0 Å². The molecule has 1 nitrogen and oxygen atoms in total. The van der Waals surface area contributed by atoms with Gasteiger partial charge in [0, 0.05) is 10.9 Å². The maximum atomic E-state index is 4.03. The molecule has 0 saturated heterocycles. The molecule has 0 aromatic rings. The Bertz CT molecular complexity index is 196. The summed E-state index contributed by atoms with van der Waals surface area (Å²) in [7, 11) is 0. The van der Waals surface area contributed by atoms with Crippen LogP contribution in [0, 0.1) is 5.41 Å². The van der Waals surface area contributed by atoms with Gasteiger partial charge in [-0.05, 0) is 31.9 Å². The zero-order valence-corrected chi connectivity index (χ0v) is 11.3. The van der Waals surface area contributed by atoms with E-state index in [0.717, 1.165) is 12.8 Å². The van der Waals surface area contributed by atoms with E-state index in [2.05, 4.69) is 67.5 Å². The summed E-state index contributed by atoms with van der Waals surface area (Å²) in [6.07, 6.45) is 6.69. The number of allylic oxidation sites excluding steroid dienone is 2. The fourth-order valence-corrected chi connectivity index (χ4v) is 1.55. The highest BCUT2D eigenvalue weighted by Gasteiger charge is 2.17. The van der Waals surface area contributed by atoms with Crippen LogP contribution in [0.2, 0.25) is 0 Å². The Morgan fingerprint density at radius 3 is 2.50 bits per heavy atom. The van der Waals surface area contributed by atoms with E-state index in [1.54, 1.807) is 0 Å². The Labute approximate surface area is 96.8 Å². The average molecular weight is 260 g/mol. The van der Waals surface area contributed by atoms with Gasteiger partial charge in [0.2, 0.25) is 0 Å². The number of rotatable bonds is 6. The minimum atomic E-state index is 0.210. The van der Waals surface area contributed by atoms with Crippen LogP contribution in [0.4, 0.5) is 0 Å². The van der Waals surface area contributed by atoms with E-state index >= 15 is 0 Å². The molecule has 14 heavy (non-hydrogen) atoms. The lowest BCUT2D eigenvalue weighted by atomic mass is 9.85. The molecule has 0 spiro atoms. The van der Waals surface area contributed by atoms with Crippen molar-refractivity contribution in [3.63, 3.8) is 0 Å². The van der Waals surface area contributed by atoms with Crippen LogP contribution >= 0.6 is 15.9 Å². The van der Waals surface area contributed by atoms with Crippen molar-refractivity contribution >= 4 is 22.6 Å². The monoisotopic (exact) mass is 259 g/mol. The molecule has 0 N–H and O–H groups in total. The van der Waals surface area contributed by atoms with Gasteiger partial charge in [0.15, 0.2) is 0 Å². The molecule has 82 valence electrons. The predicted octanol–water partition coefficient (Wildman–Crippen LogP) is 4.22. The molecule has 0 saturated carbocycles. The Morgan fingerprint density at radius 2 is 2.07 bits per heavy atom. The van der Waals surface area contributed by atoms with E-state index in [1.807, 2.05) is 0 Å². The largest absolute Gasteiger partial charge is 0.298 e. The third-order valence-electron chi connectivity index (χ3n) is 2.28. The summed E-state index contributed by atoms with van der Waals surface area (Å²) in [6, 6.07) is 0.338. The molecule has 0 aliphatic rings. The zero-order chi connectivity index (χ0) is 11.2. The minimum Gasteiger partial charge on any atom is -0.298 e. The first-order chi connectivity index (χ1) is 6.41. The molecule has 0 aliphatic heterocycles. The highest BCUT2D eigenvalue weighted by atomic mass is 79.9. The van der Waals surface area contributed by atoms with Gasteiger partial charge in [-0.25, -0.2) is 0 Å². The summed E-state index contributed by atoms with van der Waals surface area (Å²) in [6.45, 7) is 12.3. The van der Waals surface area contributed by atoms with Crippen molar-refractivity contribution in [3.8, 4) is 0 Å². The SMILES string of the molecule is C=NC(C)CC(C)(C)C=CC(Br)CC. The number of alkyl halides is 1. The van der Waals surface area contributed by atoms with E-state index in [0.29, 0.717) is 10.9 Å². The molecule has 0 radical (unpaired) electrons. The highest BCUT2D eigenvalue weighted by molar-refractivity contribution is 9.09. The predicted molar refractivity (Wildman–Crippen MR) is 69.6 cm³/mol. The fraction of sp³-hybridized carbons (Fsp3) is 0.750. The van der Waals surface area contributed by atoms with Gasteiger partial charge in [-0.15, -0.1) is 0 Å². The van der Waals surface area contributed by atoms with Crippen LogP contribution in [0.25, 0.3) is 0 Å². The van der Waals surface area contributed by atoms with Crippen molar-refractivity contribution in [2.75, 3.05) is 0 Å². The summed E-state index contributed by atoms with van der Waals surface area (Å²) < 4.78 is 0. The molecule has 0 rings (SSSR count). The van der Waals surface area contributed by atoms with Gasteiger partial charge >= 0.3 is 0 Å². The Kier molecular flexibility index (Phi) is 6.34. The molecular formula is C12H22BrN. The van der Waals surface area contributed by atoms with Gasteiger partial charge in [-0.1, -0.05) is 48.9 Å². The summed E-state index contributed by atoms with van der Waals surface area (Å²) >= 11 is 3.59. The summed E-state index contributed by atoms with van der Waals surface area (Å²) in [4.78, 5) is 4.52. The normalized spacial score (nSPS) is 16.9. The molecule has 0 amide bonds. The van der Waals surface area contributed by atoms with Gasteiger partial charge in [-0.2, -0.15) is 0 Å². The van der Waals surface area contributed by atoms with Crippen molar-refractivity contribution in [2.24, 2.45) is 10.4 Å². The second-order valence-electron chi connectivity index (χ2n) is 4.51. The standard InChI is InChI=1S/C12H22BrN/c1-6-11(13)7-8-12(3,4)9-10(2)14-5/h7-8,10-11H,5-6,9H2,1-4H3. The highest BCUT2D eigenvalue weighted by Crippen LogP contribution is 2.26. The summed E-state index contributed by atoms with van der Waals surface area (Å²) in [5.41, 5.74) is 0.210. The van der Waals surface area contributed by atoms with Crippen molar-refractivity contribution in [3.05, 3.63) is 12.2 Å². The molecule has 2 atom stereocenters. The molecule has 0 aliphatic carbocycles. The van der Waals surface area contributed by atoms with E-state index in [1.165, 1.54) is 0 Å². The quantitative estimate of drug-likeness (QED) is 0.385. The Hall–Kier alpha value is -0.110. The van der Waals surface area contributed by atoms with Crippen molar-refractivity contribution in [1.29, 1.82) is 0 Å². The molecule has 2 unspecified atom stereocenters. The molecule has 0 bridgehead atoms. The molecule has 0 fully saturated rings. The molecular weight excluding hydrogens is 238 g/mol. The number of halogens is 1. The second-order valence-corrected chi connectivity index (χ2v) is 5.68. The second kappa shape index (κ2) is 6.39. The topological polar surface area (TPSA) is 12.4 Å². The van der Waals surface area contributed by atoms with E-state index < -0.39 is 0 Å². The summed E-state index contributed by atoms with van der Waals surface area (Å²) in [5.74, 6) is 0. The number of aliphatic imine (C=N–C) groups is 1. The minimum absolute atomic E-state index is 0.210. The van der Waals surface area contributed by atoms with Gasteiger partial charge in [0.1, 0.15) is 0 Å². The number of nitrogens with zero attached hydrogens (tertiary/aromatic N) is 1. The smallest absolute Gasteiger partial charge is 0.0472 e. The van der Waals surface area contributed by atoms with Gasteiger partial charge in [0.05, 0.1) is 0 Å². The molecule has 0 heterocycles. The van der Waals surface area contributed by atoms with Crippen molar-refractivity contribution < 1.29 is 0 Å². The number of hydrogen-bond acceptors (Lipinski definition) is 1. The lowest BCUT2D eigenvalue weighted by molar-refractivity contribution is 0.401. The fourth-order valence-electron chi connectivity index (χ4n) is 1.39. The van der Waals surface area contributed by atoms with Crippen LogP contribution < -0.4 is 0 Å². The van der Waals surface area contributed by atoms with Crippen molar-refractivity contribution in [1.82, 2.24) is 0 Å². The first kappa shape index (κ1) is 13.9. The lowest BCUT2D eigenvalue weighted by Crippen LogP contribution is -2.15. The third-order valence-corrected chi connectivity index (χ3v) is 3.23. The first-order valence-corrected chi connectivity index (χ1v) is 6.12. The van der Waals surface area contributed by atoms with Gasteiger partial charge in [-0.3, -0.25) is 4.99 Å². The van der Waals surface area contributed by atoms with Crippen LogP contribution in [0.3, 0.4) is 0 Å². The van der Waals surface area contributed by atoms with Crippen molar-refractivity contribution in [2.45, 2.75) is 51.4 Å².